The first-order chi connectivity index (χ1) is 8.10. The number of methoxy groups -OCH3 is 1. The molecule has 0 heterocycles. The molecule has 0 spiro atoms. The van der Waals surface area contributed by atoms with Gasteiger partial charge in [0.25, 0.3) is 0 Å². The molecular formula is C12H18N2O3. The smallest absolute Gasteiger partial charge is 0.408 e. The molecule has 0 saturated heterocycles. The SMILES string of the molecule is CCC(N)N(Cc1ccccc1OC)C(=O)O. The van der Waals surface area contributed by atoms with Crippen LogP contribution >= 0.6 is 0 Å². The van der Waals surface area contributed by atoms with Crippen molar-refractivity contribution in [2.45, 2.75) is 26.1 Å². The van der Waals surface area contributed by atoms with Gasteiger partial charge in [0.15, 0.2) is 0 Å². The number of carbonyl (C=O) groups is 1. The summed E-state index contributed by atoms with van der Waals surface area (Å²) in [4.78, 5) is 12.3. The van der Waals surface area contributed by atoms with Crippen LogP contribution in [-0.2, 0) is 6.54 Å². The van der Waals surface area contributed by atoms with Gasteiger partial charge in [-0.2, -0.15) is 0 Å². The summed E-state index contributed by atoms with van der Waals surface area (Å²) in [6.45, 7) is 2.08. The minimum Gasteiger partial charge on any atom is -0.496 e. The maximum Gasteiger partial charge on any atom is 0.408 e. The third kappa shape index (κ3) is 3.35. The number of rotatable bonds is 5. The highest BCUT2D eigenvalue weighted by molar-refractivity contribution is 5.65. The Bertz CT molecular complexity index is 382. The van der Waals surface area contributed by atoms with Crippen molar-refractivity contribution in [3.63, 3.8) is 0 Å². The van der Waals surface area contributed by atoms with Crippen molar-refractivity contribution in [2.75, 3.05) is 7.11 Å². The van der Waals surface area contributed by atoms with Crippen molar-refractivity contribution in [3.8, 4) is 5.75 Å². The molecule has 3 N–H and O–H groups in total. The first-order valence-electron chi connectivity index (χ1n) is 5.47. The lowest BCUT2D eigenvalue weighted by atomic mass is 10.2. The number of nitrogens with zero attached hydrogens (tertiary/aromatic N) is 1. The summed E-state index contributed by atoms with van der Waals surface area (Å²) in [6.07, 6.45) is -0.954. The van der Waals surface area contributed by atoms with Crippen molar-refractivity contribution in [3.05, 3.63) is 29.8 Å². The second-order valence-electron chi connectivity index (χ2n) is 3.70. The molecule has 0 saturated carbocycles. The monoisotopic (exact) mass is 238 g/mol. The minimum absolute atomic E-state index is 0.231. The average molecular weight is 238 g/mol. The number of nitrogens with two attached hydrogens (primary N) is 1. The molecule has 0 aromatic heterocycles. The fourth-order valence-corrected chi connectivity index (χ4v) is 1.56. The highest BCUT2D eigenvalue weighted by Gasteiger charge is 2.19. The van der Waals surface area contributed by atoms with E-state index in [-0.39, 0.29) is 6.54 Å². The fraction of sp³-hybridized carbons (Fsp3) is 0.417. The van der Waals surface area contributed by atoms with Gasteiger partial charge in [0.05, 0.1) is 19.8 Å². The van der Waals surface area contributed by atoms with Crippen molar-refractivity contribution < 1.29 is 14.6 Å². The Kier molecular flexibility index (Phi) is 4.78. The van der Waals surface area contributed by atoms with Crippen LogP contribution in [0.4, 0.5) is 4.79 Å². The van der Waals surface area contributed by atoms with Crippen LogP contribution in [0.15, 0.2) is 24.3 Å². The molecule has 1 aromatic rings. The second-order valence-corrected chi connectivity index (χ2v) is 3.70. The lowest BCUT2D eigenvalue weighted by Crippen LogP contribution is -2.44. The first kappa shape index (κ1) is 13.3. The van der Waals surface area contributed by atoms with E-state index in [1.54, 1.807) is 13.2 Å². The first-order valence-corrected chi connectivity index (χ1v) is 5.47. The summed E-state index contributed by atoms with van der Waals surface area (Å²) < 4.78 is 5.18. The van der Waals surface area contributed by atoms with Crippen molar-refractivity contribution >= 4 is 6.09 Å². The number of hydrogen-bond acceptors (Lipinski definition) is 3. The highest BCUT2D eigenvalue weighted by Crippen LogP contribution is 2.20. The normalized spacial score (nSPS) is 11.9. The van der Waals surface area contributed by atoms with E-state index in [2.05, 4.69) is 0 Å². The highest BCUT2D eigenvalue weighted by atomic mass is 16.5. The Morgan fingerprint density at radius 1 is 1.53 bits per heavy atom. The molecule has 1 unspecified atom stereocenters. The summed E-state index contributed by atoms with van der Waals surface area (Å²) in [6, 6.07) is 7.31. The van der Waals surface area contributed by atoms with Crippen LogP contribution < -0.4 is 10.5 Å². The zero-order valence-electron chi connectivity index (χ0n) is 10.1. The molecular weight excluding hydrogens is 220 g/mol. The van der Waals surface area contributed by atoms with Gasteiger partial charge in [-0.25, -0.2) is 4.79 Å². The van der Waals surface area contributed by atoms with Crippen LogP contribution in [0.1, 0.15) is 18.9 Å². The summed E-state index contributed by atoms with van der Waals surface area (Å²) in [7, 11) is 1.56. The van der Waals surface area contributed by atoms with Crippen LogP contribution in [0.3, 0.4) is 0 Å². The molecule has 0 radical (unpaired) electrons. The van der Waals surface area contributed by atoms with Gasteiger partial charge in [0.1, 0.15) is 5.75 Å². The third-order valence-corrected chi connectivity index (χ3v) is 2.60. The molecule has 94 valence electrons. The summed E-state index contributed by atoms with van der Waals surface area (Å²) in [5, 5.41) is 9.10. The molecule has 1 atom stereocenters. The van der Waals surface area contributed by atoms with Crippen LogP contribution in [0.5, 0.6) is 5.75 Å². The van der Waals surface area contributed by atoms with Gasteiger partial charge in [-0.15, -0.1) is 0 Å². The van der Waals surface area contributed by atoms with Crippen LogP contribution in [-0.4, -0.2) is 29.4 Å². The number of benzene rings is 1. The number of amides is 1. The summed E-state index contributed by atoms with van der Waals surface area (Å²) in [5.74, 6) is 0.669. The Morgan fingerprint density at radius 2 is 2.18 bits per heavy atom. The quantitative estimate of drug-likeness (QED) is 0.768. The lowest BCUT2D eigenvalue weighted by molar-refractivity contribution is 0.119. The number of hydrogen-bond donors (Lipinski definition) is 2. The van der Waals surface area contributed by atoms with Gasteiger partial charge in [-0.05, 0) is 12.5 Å². The molecule has 0 bridgehead atoms. The lowest BCUT2D eigenvalue weighted by Gasteiger charge is -2.25. The van der Waals surface area contributed by atoms with E-state index in [1.807, 2.05) is 25.1 Å². The van der Waals surface area contributed by atoms with E-state index in [4.69, 9.17) is 15.6 Å². The molecule has 0 fully saturated rings. The van der Waals surface area contributed by atoms with E-state index in [0.29, 0.717) is 12.2 Å². The van der Waals surface area contributed by atoms with Crippen molar-refractivity contribution in [1.82, 2.24) is 4.90 Å². The molecule has 0 aliphatic carbocycles. The van der Waals surface area contributed by atoms with Gasteiger partial charge in [-0.1, -0.05) is 25.1 Å². The Hall–Kier alpha value is -1.75. The minimum atomic E-state index is -1.02. The van der Waals surface area contributed by atoms with Gasteiger partial charge in [0.2, 0.25) is 0 Å². The van der Waals surface area contributed by atoms with Gasteiger partial charge >= 0.3 is 6.09 Å². The zero-order valence-corrected chi connectivity index (χ0v) is 10.1. The molecule has 0 aliphatic rings. The van der Waals surface area contributed by atoms with Gasteiger partial charge < -0.3 is 15.6 Å². The molecule has 1 amide bonds. The standard InChI is InChI=1S/C12H18N2O3/c1-3-11(13)14(12(15)16)8-9-6-4-5-7-10(9)17-2/h4-7,11H,3,8,13H2,1-2H3,(H,15,16). The van der Waals surface area contributed by atoms with E-state index in [9.17, 15) is 4.79 Å². The molecule has 1 aromatic carbocycles. The molecule has 5 nitrogen and oxygen atoms in total. The maximum atomic E-state index is 11.1. The van der Waals surface area contributed by atoms with Crippen LogP contribution in [0.2, 0.25) is 0 Å². The van der Waals surface area contributed by atoms with Crippen LogP contribution in [0, 0.1) is 0 Å². The van der Waals surface area contributed by atoms with Gasteiger partial charge in [0, 0.05) is 5.56 Å². The summed E-state index contributed by atoms with van der Waals surface area (Å²) >= 11 is 0. The Balaban J connectivity index is 2.89. The second kappa shape index (κ2) is 6.10. The molecule has 17 heavy (non-hydrogen) atoms. The molecule has 1 rings (SSSR count). The average Bonchev–Trinajstić information content (AvgIpc) is 2.35. The predicted molar refractivity (Wildman–Crippen MR) is 64.8 cm³/mol. The van der Waals surface area contributed by atoms with Crippen molar-refractivity contribution in [2.24, 2.45) is 5.73 Å². The topological polar surface area (TPSA) is 75.8 Å². The van der Waals surface area contributed by atoms with E-state index >= 15 is 0 Å². The summed E-state index contributed by atoms with van der Waals surface area (Å²) in [5.41, 5.74) is 6.57. The largest absolute Gasteiger partial charge is 0.496 e. The van der Waals surface area contributed by atoms with Crippen LogP contribution in [0.25, 0.3) is 0 Å². The van der Waals surface area contributed by atoms with Gasteiger partial charge in [-0.3, -0.25) is 4.90 Å². The predicted octanol–water partition coefficient (Wildman–Crippen LogP) is 1.87. The Labute approximate surface area is 101 Å². The number of para-hydroxylation sites is 1. The van der Waals surface area contributed by atoms with E-state index in [0.717, 1.165) is 5.56 Å². The number of carboxylic acid groups (broad SMARTS) is 1. The molecule has 0 aliphatic heterocycles. The third-order valence-electron chi connectivity index (χ3n) is 2.60. The van der Waals surface area contributed by atoms with Crippen molar-refractivity contribution in [1.29, 1.82) is 0 Å². The van der Waals surface area contributed by atoms with E-state index < -0.39 is 12.3 Å². The molecule has 5 heteroatoms. The zero-order chi connectivity index (χ0) is 12.8. The Morgan fingerprint density at radius 3 is 2.71 bits per heavy atom. The number of ether oxygens (including phenoxy) is 1. The fourth-order valence-electron chi connectivity index (χ4n) is 1.56. The maximum absolute atomic E-state index is 11.1. The van der Waals surface area contributed by atoms with E-state index in [1.165, 1.54) is 4.90 Å².